The minimum Gasteiger partial charge on any atom is -0.772 e. The Balaban J connectivity index is 0.000000258. The summed E-state index contributed by atoms with van der Waals surface area (Å²) in [7, 11) is -6.45. The van der Waals surface area contributed by atoms with E-state index < -0.39 is 121 Å². The van der Waals surface area contributed by atoms with Crippen LogP contribution >= 0.6 is 0 Å². The molecule has 0 amide bonds. The largest absolute Gasteiger partial charge is 0.772 e. The van der Waals surface area contributed by atoms with Gasteiger partial charge in [0.25, 0.3) is 0 Å². The standard InChI is InChI=1S/C20H24N2.C18H27N3.2C16H24F2N2O2S.2C13H18F2N2.4C3H8O2S/c21-15-11-9-14(10-12-15)13-22-20-18-7-3-1-5-16(18)17-6-2-4-8-19(17)20;1-14-12-17(21-10-2-3-11-21)8-9-18(14)20-13-15-4-6-16(19)7-5-15;1-11(2)23(21,22)20-14-6-3-12(4-7-14)10-19-16-8-5-13(17)9-15(16)18;1-11(2)23(21,22)20-13-5-3-12(4-6-13)10-19-14-7-8-15(17)16(18)9-14;14-10-5-11(15)7-13(6-10)17-8-9-1-3-12(16)4-2-9;14-11-2-1-3-12(15)13(11)17-8-9-4-6-10(16)7-5-9;4*1-3(2)6(4)5/h1-8,14-15,20,22H,9-13,21H2;2-3,8-9,12,15-16,20H,4-7,10-11,13,19H2,1H3;5,8-9,11-12,14,19-20H,3-4,6-7,10H2,1-2H3;7-9,11-13,19-20H,3-6,10H2,1-2H3;5-7,9,12,17H,1-4,8,16H2;1-3,9-10,17H,4-8,16H2;4*3H,1-2H3,(H,4,5)/p-4. The molecule has 7 aromatic carbocycles. The Labute approximate surface area is 880 Å². The van der Waals surface area contributed by atoms with E-state index in [9.17, 15) is 87.0 Å². The lowest BCUT2D eigenvalue weighted by molar-refractivity contribution is 0.309. The molecule has 7 aliphatic carbocycles. The lowest BCUT2D eigenvalue weighted by Gasteiger charge is -2.29. The van der Waals surface area contributed by atoms with E-state index in [0.29, 0.717) is 90.6 Å². The van der Waals surface area contributed by atoms with Crippen molar-refractivity contribution in [3.63, 3.8) is 0 Å². The number of para-hydroxylation sites is 1. The van der Waals surface area contributed by atoms with E-state index in [1.807, 2.05) is 0 Å². The number of halogens is 8. The second-order valence-electron chi connectivity index (χ2n) is 41.0. The van der Waals surface area contributed by atoms with Crippen LogP contribution in [0.1, 0.15) is 260 Å². The molecule has 0 radical (unpaired) electrons. The van der Waals surface area contributed by atoms with Crippen molar-refractivity contribution < 1.29 is 87.0 Å². The molecule has 1 heterocycles. The molecule has 15 rings (SSSR count). The number of fused-ring (bicyclic) bond motifs is 3. The second kappa shape index (κ2) is 66.5. The van der Waals surface area contributed by atoms with Crippen LogP contribution in [0.15, 0.2) is 152 Å². The first-order valence-corrected chi connectivity index (χ1v) is 59.4. The Morgan fingerprint density at radius 3 is 1.04 bits per heavy atom. The van der Waals surface area contributed by atoms with Crippen molar-refractivity contribution in [2.75, 3.05) is 83.8 Å². The first-order chi connectivity index (χ1) is 69.5. The van der Waals surface area contributed by atoms with E-state index in [2.05, 4.69) is 132 Å². The predicted octanol–water partition coefficient (Wildman–Crippen LogP) is 20.6. The van der Waals surface area contributed by atoms with Gasteiger partial charge in [-0.2, -0.15) is 0 Å². The van der Waals surface area contributed by atoms with E-state index >= 15 is 0 Å². The van der Waals surface area contributed by atoms with Gasteiger partial charge in [-0.3, -0.25) is 16.8 Å². The fraction of sp³-hybridized carbons (Fsp3) is 0.593. The van der Waals surface area contributed by atoms with Gasteiger partial charge in [-0.1, -0.05) is 166 Å². The van der Waals surface area contributed by atoms with Gasteiger partial charge >= 0.3 is 0 Å². The number of sulfonamides is 2. The predicted molar refractivity (Wildman–Crippen MR) is 584 cm³/mol. The number of rotatable bonds is 29. The highest BCUT2D eigenvalue weighted by Gasteiger charge is 2.32. The number of nitrogens with one attached hydrogen (secondary N) is 8. The summed E-state index contributed by atoms with van der Waals surface area (Å²) in [6.07, 6.45) is 29.4. The summed E-state index contributed by atoms with van der Waals surface area (Å²) in [5, 5.41) is 17.8. The quantitative estimate of drug-likeness (QED) is 0.0118. The third-order valence-corrected chi connectivity index (χ3v) is 34.0. The summed E-state index contributed by atoms with van der Waals surface area (Å²) in [6, 6.07) is 40.9. The van der Waals surface area contributed by atoms with Gasteiger partial charge in [0, 0.05) is 138 Å². The Hall–Kier alpha value is -7.42. The van der Waals surface area contributed by atoms with Crippen molar-refractivity contribution in [2.45, 2.75) is 318 Å². The molecule has 0 aromatic heterocycles. The van der Waals surface area contributed by atoms with E-state index in [0.717, 1.165) is 172 Å². The topological polar surface area (TPSA) is 432 Å². The third-order valence-electron chi connectivity index (χ3n) is 27.1. The molecule has 4 unspecified atom stereocenters. The molecular weight excluding hydrogens is 2020 g/mol. The summed E-state index contributed by atoms with van der Waals surface area (Å²) < 4.78 is 236. The van der Waals surface area contributed by atoms with Crippen molar-refractivity contribution in [2.24, 2.45) is 58.4 Å². The van der Waals surface area contributed by atoms with Crippen LogP contribution in [-0.4, -0.2) is 172 Å². The molecule has 828 valence electrons. The maximum absolute atomic E-state index is 13.5. The molecule has 39 heteroatoms. The number of aryl methyl sites for hydroxylation is 1. The van der Waals surface area contributed by atoms with Gasteiger partial charge in [-0.15, -0.1) is 0 Å². The number of hydrogen-bond acceptors (Lipinski definition) is 23. The Morgan fingerprint density at radius 1 is 0.340 bits per heavy atom. The summed E-state index contributed by atoms with van der Waals surface area (Å²) in [5.41, 5.74) is 34.6. The zero-order valence-corrected chi connectivity index (χ0v) is 92.6. The number of benzene rings is 7. The van der Waals surface area contributed by atoms with Crippen molar-refractivity contribution in [1.29, 1.82) is 0 Å². The van der Waals surface area contributed by atoms with E-state index in [1.54, 1.807) is 83.1 Å². The van der Waals surface area contributed by atoms with Crippen LogP contribution in [0.3, 0.4) is 0 Å². The molecule has 16 N–H and O–H groups in total. The van der Waals surface area contributed by atoms with Gasteiger partial charge in [0.2, 0.25) is 20.0 Å². The molecule has 0 bridgehead atoms. The Morgan fingerprint density at radius 2 is 0.680 bits per heavy atom. The Kier molecular flexibility index (Phi) is 58.0. The number of hydrogen-bond donors (Lipinski definition) is 12. The molecular formula is C108H163F8N13O12S6-4. The molecule has 0 saturated heterocycles. The lowest BCUT2D eigenvalue weighted by atomic mass is 9.86. The fourth-order valence-electron chi connectivity index (χ4n) is 17.5. The van der Waals surface area contributed by atoms with Crippen molar-refractivity contribution >= 4 is 98.5 Å². The van der Waals surface area contributed by atoms with Crippen molar-refractivity contribution in [3.05, 3.63) is 215 Å². The highest BCUT2D eigenvalue weighted by atomic mass is 32.2. The molecule has 147 heavy (non-hydrogen) atoms. The van der Waals surface area contributed by atoms with Gasteiger partial charge in [0.05, 0.1) is 22.2 Å². The van der Waals surface area contributed by atoms with Gasteiger partial charge in [0.15, 0.2) is 11.6 Å². The van der Waals surface area contributed by atoms with Crippen LogP contribution in [0.2, 0.25) is 0 Å². The first-order valence-electron chi connectivity index (χ1n) is 51.8. The van der Waals surface area contributed by atoms with E-state index in [1.165, 1.54) is 139 Å². The minimum atomic E-state index is -3.23. The molecule has 0 spiro atoms. The highest BCUT2D eigenvalue weighted by molar-refractivity contribution is 7.90. The molecule has 6 fully saturated rings. The molecule has 4 atom stereocenters. The Bertz CT molecular complexity index is 5230. The number of anilines is 6. The average Bonchev–Trinajstić information content (AvgIpc) is 1.61. The van der Waals surface area contributed by atoms with Crippen LogP contribution in [-0.2, 0) is 64.4 Å². The van der Waals surface area contributed by atoms with E-state index in [-0.39, 0.29) is 38.8 Å². The molecule has 6 saturated carbocycles. The van der Waals surface area contributed by atoms with Gasteiger partial charge in [0.1, 0.15) is 40.6 Å². The maximum atomic E-state index is 13.5. The highest BCUT2D eigenvalue weighted by Crippen LogP contribution is 2.44. The van der Waals surface area contributed by atoms with Crippen LogP contribution in [0.5, 0.6) is 0 Å². The molecule has 7 aromatic rings. The monoisotopic (exact) mass is 2180 g/mol. The summed E-state index contributed by atoms with van der Waals surface area (Å²) in [6.45, 7) is 28.8. The molecule has 1 aliphatic heterocycles. The number of nitrogens with two attached hydrogens (primary N) is 4. The van der Waals surface area contributed by atoms with Crippen LogP contribution in [0.4, 0.5) is 69.2 Å². The van der Waals surface area contributed by atoms with Crippen molar-refractivity contribution in [3.8, 4) is 11.1 Å². The maximum Gasteiger partial charge on any atom is 0.214 e. The molecule has 8 aliphatic rings. The summed E-state index contributed by atoms with van der Waals surface area (Å²) in [5.74, 6) is -1.69. The number of nitrogens with zero attached hydrogens (tertiary/aromatic N) is 1. The second-order valence-corrected chi connectivity index (χ2v) is 51.4. The lowest BCUT2D eigenvalue weighted by Crippen LogP contribution is -2.41. The van der Waals surface area contributed by atoms with Crippen LogP contribution in [0.25, 0.3) is 11.1 Å². The average molecular weight is 2180 g/mol. The van der Waals surface area contributed by atoms with Crippen molar-refractivity contribution in [1.82, 2.24) is 14.8 Å². The van der Waals surface area contributed by atoms with Gasteiger partial charge in [-0.25, -0.2) is 61.4 Å². The first kappa shape index (κ1) is 128. The zero-order chi connectivity index (χ0) is 109. The van der Waals surface area contributed by atoms with Gasteiger partial charge < -0.3 is 77.9 Å². The van der Waals surface area contributed by atoms with Gasteiger partial charge in [-0.05, 0) is 331 Å². The summed E-state index contributed by atoms with van der Waals surface area (Å²) >= 11 is -7.47. The smallest absolute Gasteiger partial charge is 0.214 e. The molecule has 25 nitrogen and oxygen atoms in total. The normalized spacial score (nSPS) is 22.4. The van der Waals surface area contributed by atoms with Crippen LogP contribution < -0.4 is 69.2 Å². The summed E-state index contributed by atoms with van der Waals surface area (Å²) in [4.78, 5) is 2.39. The third kappa shape index (κ3) is 48.6. The van der Waals surface area contributed by atoms with E-state index in [4.69, 9.17) is 22.9 Å². The minimum absolute atomic E-state index is 0.00177. The zero-order valence-electron chi connectivity index (χ0n) is 87.7. The van der Waals surface area contributed by atoms with Crippen LogP contribution in [0, 0.1) is 89.0 Å². The SMILES string of the molecule is CC(C)S(=O)(=O)NC1CCC(CNc2ccc(F)c(F)c2)CC1.CC(C)S(=O)(=O)NC1CCC(CNc2ccc(F)cc2F)CC1.CC(C)S(=O)[O-].CC(C)S(=O)[O-].CC(C)S(=O)[O-].CC(C)S(=O)[O-].Cc1cc(N2CC=CC2)ccc1NCC1CCC(N)CC1.NC1CCC(CNC2c3ccccc3-c3ccccc32)CC1.NC1CCC(CNc2c(F)cccc2F)CC1.NC1CCC(CNc2cc(F)cc(F)c2)CC1. The fourth-order valence-corrected chi connectivity index (χ4v) is 19.5.